The third-order valence-corrected chi connectivity index (χ3v) is 3.03. The summed E-state index contributed by atoms with van der Waals surface area (Å²) in [6.07, 6.45) is 0. The minimum Gasteiger partial charge on any atom is -0.508 e. The zero-order chi connectivity index (χ0) is 11.4. The largest absolute Gasteiger partial charge is 0.508 e. The topological polar surface area (TPSA) is 32.3 Å². The van der Waals surface area contributed by atoms with Crippen LogP contribution in [0.5, 0.6) is 5.75 Å². The lowest BCUT2D eigenvalue weighted by atomic mass is 10.2. The highest BCUT2D eigenvalue weighted by molar-refractivity contribution is 9.10. The number of nitrogens with one attached hydrogen (secondary N) is 1. The third kappa shape index (κ3) is 3.65. The molecule has 0 saturated carbocycles. The number of para-hydroxylation sites is 2. The first-order valence-corrected chi connectivity index (χ1v) is 5.82. The summed E-state index contributed by atoms with van der Waals surface area (Å²) in [6, 6.07) is 15.2. The van der Waals surface area contributed by atoms with Gasteiger partial charge >= 0.3 is 0 Å². The van der Waals surface area contributed by atoms with E-state index in [2.05, 4.69) is 21.2 Å². The molecule has 0 unspecified atom stereocenters. The van der Waals surface area contributed by atoms with Gasteiger partial charge in [-0.2, -0.15) is 0 Å². The van der Waals surface area contributed by atoms with Gasteiger partial charge in [0.1, 0.15) is 5.75 Å². The van der Waals surface area contributed by atoms with Crippen molar-refractivity contribution in [1.82, 2.24) is 0 Å². The molecule has 2 nitrogen and oxygen atoms in total. The molecule has 0 amide bonds. The molecule has 0 aromatic heterocycles. The molecule has 2 N–H and O–H groups in total. The van der Waals surface area contributed by atoms with Gasteiger partial charge in [-0.3, -0.25) is 0 Å². The summed E-state index contributed by atoms with van der Waals surface area (Å²) in [5, 5.41) is 12.9. The number of rotatable bonds is 3. The molecule has 0 bridgehead atoms. The lowest BCUT2D eigenvalue weighted by Crippen LogP contribution is -1.99. The first kappa shape index (κ1) is 13.9. The molecule has 4 heteroatoms. The Morgan fingerprint density at radius 3 is 2.35 bits per heavy atom. The van der Waals surface area contributed by atoms with Crippen LogP contribution in [0, 0.1) is 0 Å². The van der Waals surface area contributed by atoms with Crippen molar-refractivity contribution < 1.29 is 5.11 Å². The summed E-state index contributed by atoms with van der Waals surface area (Å²) >= 11 is 3.46. The number of phenols is 1. The molecule has 0 heterocycles. The molecule has 0 radical (unpaired) electrons. The van der Waals surface area contributed by atoms with E-state index in [1.807, 2.05) is 42.5 Å². The predicted octanol–water partition coefficient (Wildman–Crippen LogP) is 4.19. The van der Waals surface area contributed by atoms with Gasteiger partial charge in [-0.05, 0) is 34.1 Å². The van der Waals surface area contributed by atoms with Crippen LogP contribution >= 0.6 is 28.3 Å². The van der Waals surface area contributed by atoms with E-state index in [4.69, 9.17) is 0 Å². The van der Waals surface area contributed by atoms with Gasteiger partial charge in [0.05, 0.1) is 0 Å². The van der Waals surface area contributed by atoms with Crippen molar-refractivity contribution >= 4 is 34.0 Å². The molecule has 90 valence electrons. The number of halogens is 2. The first-order chi connectivity index (χ1) is 7.77. The summed E-state index contributed by atoms with van der Waals surface area (Å²) in [5.74, 6) is 0.321. The fraction of sp³-hybridized carbons (Fsp3) is 0.0769. The molecule has 0 aliphatic carbocycles. The second kappa shape index (κ2) is 6.52. The average molecular weight is 315 g/mol. The van der Waals surface area contributed by atoms with Crippen LogP contribution in [0.1, 0.15) is 5.56 Å². The van der Waals surface area contributed by atoms with E-state index < -0.39 is 0 Å². The molecule has 0 saturated heterocycles. The summed E-state index contributed by atoms with van der Waals surface area (Å²) < 4.78 is 1.02. The number of benzene rings is 2. The molecule has 0 aliphatic rings. The van der Waals surface area contributed by atoms with E-state index in [1.54, 1.807) is 6.07 Å². The Morgan fingerprint density at radius 1 is 1.00 bits per heavy atom. The van der Waals surface area contributed by atoms with E-state index >= 15 is 0 Å². The maximum atomic E-state index is 9.61. The van der Waals surface area contributed by atoms with Gasteiger partial charge in [0.2, 0.25) is 0 Å². The van der Waals surface area contributed by atoms with Crippen molar-refractivity contribution in [3.05, 3.63) is 58.6 Å². The second-order valence-corrected chi connectivity index (χ2v) is 4.32. The van der Waals surface area contributed by atoms with Crippen LogP contribution in [0.2, 0.25) is 0 Å². The Kier molecular flexibility index (Phi) is 5.32. The van der Waals surface area contributed by atoms with E-state index in [0.29, 0.717) is 12.3 Å². The minimum absolute atomic E-state index is 0. The molecule has 0 fully saturated rings. The SMILES string of the molecule is Cl.Oc1ccccc1CNc1ccccc1Br. The summed E-state index contributed by atoms with van der Waals surface area (Å²) in [5.41, 5.74) is 1.91. The molecular weight excluding hydrogens is 302 g/mol. The van der Waals surface area contributed by atoms with Crippen LogP contribution in [0.4, 0.5) is 5.69 Å². The Hall–Kier alpha value is -1.19. The van der Waals surface area contributed by atoms with Crippen molar-refractivity contribution in [2.45, 2.75) is 6.54 Å². The van der Waals surface area contributed by atoms with Gasteiger partial charge in [0.25, 0.3) is 0 Å². The Bertz CT molecular complexity index is 445. The molecule has 2 rings (SSSR count). The van der Waals surface area contributed by atoms with Crippen molar-refractivity contribution in [2.24, 2.45) is 0 Å². The standard InChI is InChI=1S/C13H12BrNO.ClH/c14-11-6-2-3-7-12(11)15-9-10-5-1-4-8-13(10)16;/h1-8,15-16H,9H2;1H. The number of aromatic hydroxyl groups is 1. The lowest BCUT2D eigenvalue weighted by Gasteiger charge is -2.09. The maximum Gasteiger partial charge on any atom is 0.120 e. The molecule has 17 heavy (non-hydrogen) atoms. The van der Waals surface area contributed by atoms with E-state index in [-0.39, 0.29) is 12.4 Å². The van der Waals surface area contributed by atoms with Gasteiger partial charge in [-0.25, -0.2) is 0 Å². The first-order valence-electron chi connectivity index (χ1n) is 5.02. The van der Waals surface area contributed by atoms with Crippen LogP contribution in [0.25, 0.3) is 0 Å². The van der Waals surface area contributed by atoms with Crippen molar-refractivity contribution in [3.8, 4) is 5.75 Å². The zero-order valence-corrected chi connectivity index (χ0v) is 11.5. The molecule has 0 atom stereocenters. The maximum absolute atomic E-state index is 9.61. The van der Waals surface area contributed by atoms with E-state index in [9.17, 15) is 5.11 Å². The smallest absolute Gasteiger partial charge is 0.120 e. The monoisotopic (exact) mass is 313 g/mol. The number of hydrogen-bond donors (Lipinski definition) is 2. The zero-order valence-electron chi connectivity index (χ0n) is 9.06. The highest BCUT2D eigenvalue weighted by Crippen LogP contribution is 2.23. The Labute approximate surface area is 115 Å². The van der Waals surface area contributed by atoms with Gasteiger partial charge in [0.15, 0.2) is 0 Å². The Balaban J connectivity index is 0.00000144. The highest BCUT2D eigenvalue weighted by atomic mass is 79.9. The van der Waals surface area contributed by atoms with Crippen LogP contribution in [-0.4, -0.2) is 5.11 Å². The predicted molar refractivity (Wildman–Crippen MR) is 76.8 cm³/mol. The van der Waals surface area contributed by atoms with Gasteiger partial charge in [-0.15, -0.1) is 12.4 Å². The van der Waals surface area contributed by atoms with Crippen molar-refractivity contribution in [2.75, 3.05) is 5.32 Å². The molecule has 0 aliphatic heterocycles. The van der Waals surface area contributed by atoms with Gasteiger partial charge in [-0.1, -0.05) is 30.3 Å². The molecule has 2 aromatic carbocycles. The van der Waals surface area contributed by atoms with Crippen LogP contribution in [0.15, 0.2) is 53.0 Å². The van der Waals surface area contributed by atoms with Crippen LogP contribution < -0.4 is 5.32 Å². The van der Waals surface area contributed by atoms with E-state index in [1.165, 1.54) is 0 Å². The van der Waals surface area contributed by atoms with Crippen molar-refractivity contribution in [1.29, 1.82) is 0 Å². The minimum atomic E-state index is 0. The average Bonchev–Trinajstić information content (AvgIpc) is 2.30. The van der Waals surface area contributed by atoms with E-state index in [0.717, 1.165) is 15.7 Å². The van der Waals surface area contributed by atoms with Crippen LogP contribution in [-0.2, 0) is 6.54 Å². The number of hydrogen-bond acceptors (Lipinski definition) is 2. The summed E-state index contributed by atoms with van der Waals surface area (Å²) in [7, 11) is 0. The number of phenolic OH excluding ortho intramolecular Hbond substituents is 1. The fourth-order valence-corrected chi connectivity index (χ4v) is 1.88. The summed E-state index contributed by atoms with van der Waals surface area (Å²) in [4.78, 5) is 0. The molecule has 2 aromatic rings. The fourth-order valence-electron chi connectivity index (χ4n) is 1.46. The molecular formula is C13H13BrClNO. The molecule has 0 spiro atoms. The van der Waals surface area contributed by atoms with Crippen molar-refractivity contribution in [3.63, 3.8) is 0 Å². The summed E-state index contributed by atoms with van der Waals surface area (Å²) in [6.45, 7) is 0.606. The Morgan fingerprint density at radius 2 is 1.65 bits per heavy atom. The highest BCUT2D eigenvalue weighted by Gasteiger charge is 2.01. The van der Waals surface area contributed by atoms with Gasteiger partial charge < -0.3 is 10.4 Å². The lowest BCUT2D eigenvalue weighted by molar-refractivity contribution is 0.469. The van der Waals surface area contributed by atoms with Gasteiger partial charge in [0, 0.05) is 22.3 Å². The van der Waals surface area contributed by atoms with Crippen LogP contribution in [0.3, 0.4) is 0 Å². The second-order valence-electron chi connectivity index (χ2n) is 3.46. The third-order valence-electron chi connectivity index (χ3n) is 2.33. The number of anilines is 1. The quantitative estimate of drug-likeness (QED) is 0.890. The normalized spacial score (nSPS) is 9.47.